The van der Waals surface area contributed by atoms with E-state index in [9.17, 15) is 19.2 Å². The van der Waals surface area contributed by atoms with Crippen LogP contribution in [0, 0.1) is 0 Å². The van der Waals surface area contributed by atoms with Crippen LogP contribution < -0.4 is 5.32 Å². The van der Waals surface area contributed by atoms with Crippen LogP contribution in [0.1, 0.15) is 25.7 Å². The van der Waals surface area contributed by atoms with E-state index in [1.807, 2.05) is 0 Å². The molecule has 0 spiro atoms. The van der Waals surface area contributed by atoms with Gasteiger partial charge in [0.05, 0.1) is 0 Å². The van der Waals surface area contributed by atoms with Crippen LogP contribution in [-0.2, 0) is 23.9 Å². The second kappa shape index (κ2) is 8.72. The molecule has 0 bridgehead atoms. The highest BCUT2D eigenvalue weighted by molar-refractivity contribution is 6.12. The monoisotopic (exact) mass is 298 g/mol. The molecule has 0 aromatic heterocycles. The Labute approximate surface area is 122 Å². The summed E-state index contributed by atoms with van der Waals surface area (Å²) in [6, 6.07) is 0. The number of esters is 1. The molecule has 3 amide bonds. The molecule has 1 heterocycles. The van der Waals surface area contributed by atoms with Gasteiger partial charge in [0.25, 0.3) is 11.8 Å². The number of ether oxygens (including phenoxy) is 2. The molecule has 0 fully saturated rings. The lowest BCUT2D eigenvalue weighted by Gasteiger charge is -2.12. The van der Waals surface area contributed by atoms with Crippen LogP contribution in [0.5, 0.6) is 0 Å². The maximum atomic E-state index is 11.3. The lowest BCUT2D eigenvalue weighted by molar-refractivity contribution is -0.152. The number of unbranched alkanes of at least 4 members (excludes halogenated alkanes) is 2. The molecular weight excluding hydrogens is 280 g/mol. The van der Waals surface area contributed by atoms with Gasteiger partial charge in [-0.05, 0) is 12.8 Å². The second-order valence-corrected chi connectivity index (χ2v) is 4.29. The molecule has 116 valence electrons. The van der Waals surface area contributed by atoms with E-state index in [4.69, 9.17) is 0 Å². The molecule has 0 saturated heterocycles. The topological polar surface area (TPSA) is 102 Å². The van der Waals surface area contributed by atoms with Gasteiger partial charge >= 0.3 is 12.1 Å². The molecule has 1 rings (SSSR count). The van der Waals surface area contributed by atoms with Gasteiger partial charge in [0.1, 0.15) is 0 Å². The Hall–Kier alpha value is -2.38. The normalized spacial score (nSPS) is 13.5. The van der Waals surface area contributed by atoms with Crippen molar-refractivity contribution in [1.82, 2.24) is 10.2 Å². The average Bonchev–Trinajstić information content (AvgIpc) is 2.78. The van der Waals surface area contributed by atoms with Crippen LogP contribution >= 0.6 is 0 Å². The molecule has 0 unspecified atom stereocenters. The first-order valence-electron chi connectivity index (χ1n) is 6.58. The van der Waals surface area contributed by atoms with Gasteiger partial charge in [0.15, 0.2) is 0 Å². The van der Waals surface area contributed by atoms with E-state index in [1.165, 1.54) is 19.2 Å². The number of carbonyl (C=O) groups is 4. The van der Waals surface area contributed by atoms with E-state index in [2.05, 4.69) is 14.8 Å². The molecule has 1 N–H and O–H groups in total. The summed E-state index contributed by atoms with van der Waals surface area (Å²) in [6.45, 7) is -0.0690. The predicted octanol–water partition coefficient (Wildman–Crippen LogP) is 0.328. The van der Waals surface area contributed by atoms with Crippen molar-refractivity contribution in [1.29, 1.82) is 0 Å². The summed E-state index contributed by atoms with van der Waals surface area (Å²) >= 11 is 0. The Kier molecular flexibility index (Phi) is 6.93. The van der Waals surface area contributed by atoms with Gasteiger partial charge in [-0.3, -0.25) is 19.3 Å². The van der Waals surface area contributed by atoms with E-state index in [0.29, 0.717) is 25.8 Å². The van der Waals surface area contributed by atoms with E-state index >= 15 is 0 Å². The minimum Gasteiger partial charge on any atom is -0.428 e. The SMILES string of the molecule is CNC(=O)OCOC(=O)CCCCCN1C(=O)C=CC1=O. The van der Waals surface area contributed by atoms with Crippen LogP contribution in [0.3, 0.4) is 0 Å². The van der Waals surface area contributed by atoms with Crippen molar-refractivity contribution in [2.45, 2.75) is 25.7 Å². The Morgan fingerprint density at radius 3 is 2.38 bits per heavy atom. The number of amides is 3. The number of nitrogens with one attached hydrogen (secondary N) is 1. The fourth-order valence-corrected chi connectivity index (χ4v) is 1.66. The van der Waals surface area contributed by atoms with Crippen molar-refractivity contribution in [2.75, 3.05) is 20.4 Å². The molecule has 0 radical (unpaired) electrons. The number of hydrogen-bond donors (Lipinski definition) is 1. The zero-order chi connectivity index (χ0) is 15.7. The third-order valence-corrected chi connectivity index (χ3v) is 2.78. The summed E-state index contributed by atoms with van der Waals surface area (Å²) in [5, 5.41) is 2.22. The van der Waals surface area contributed by atoms with Crippen molar-refractivity contribution >= 4 is 23.9 Å². The Morgan fingerprint density at radius 1 is 1.10 bits per heavy atom. The predicted molar refractivity (Wildman–Crippen MR) is 70.8 cm³/mol. The standard InChI is InChI=1S/C13H18N2O6/c1-14-13(19)21-9-20-12(18)5-3-2-4-8-15-10(16)6-7-11(15)17/h6-7H,2-5,8-9H2,1H3,(H,14,19). The third kappa shape index (κ3) is 6.07. The highest BCUT2D eigenvalue weighted by atomic mass is 16.7. The van der Waals surface area contributed by atoms with Gasteiger partial charge in [-0.1, -0.05) is 6.42 Å². The summed E-state index contributed by atoms with van der Waals surface area (Å²) in [5.41, 5.74) is 0. The third-order valence-electron chi connectivity index (χ3n) is 2.78. The van der Waals surface area contributed by atoms with Crippen LogP contribution in [-0.4, -0.2) is 49.2 Å². The second-order valence-electron chi connectivity index (χ2n) is 4.29. The summed E-state index contributed by atoms with van der Waals surface area (Å²) in [4.78, 5) is 45.6. The Morgan fingerprint density at radius 2 is 1.76 bits per heavy atom. The number of alkyl carbamates (subject to hydrolysis) is 1. The van der Waals surface area contributed by atoms with Crippen molar-refractivity contribution in [3.63, 3.8) is 0 Å². The minimum atomic E-state index is -0.670. The minimum absolute atomic E-state index is 0.192. The van der Waals surface area contributed by atoms with Crippen molar-refractivity contribution in [3.8, 4) is 0 Å². The van der Waals surface area contributed by atoms with Crippen molar-refractivity contribution in [3.05, 3.63) is 12.2 Å². The molecule has 0 aromatic rings. The zero-order valence-corrected chi connectivity index (χ0v) is 11.8. The van der Waals surface area contributed by atoms with Crippen LogP contribution in [0.4, 0.5) is 4.79 Å². The largest absolute Gasteiger partial charge is 0.428 e. The zero-order valence-electron chi connectivity index (χ0n) is 11.8. The quantitative estimate of drug-likeness (QED) is 0.300. The smallest absolute Gasteiger partial charge is 0.409 e. The fourth-order valence-electron chi connectivity index (χ4n) is 1.66. The van der Waals surface area contributed by atoms with Crippen molar-refractivity contribution in [2.24, 2.45) is 0 Å². The molecule has 21 heavy (non-hydrogen) atoms. The van der Waals surface area contributed by atoms with E-state index in [0.717, 1.165) is 4.90 Å². The van der Waals surface area contributed by atoms with Crippen LogP contribution in [0.2, 0.25) is 0 Å². The first kappa shape index (κ1) is 16.7. The van der Waals surface area contributed by atoms with E-state index in [1.54, 1.807) is 0 Å². The van der Waals surface area contributed by atoms with Gasteiger partial charge in [0, 0.05) is 32.2 Å². The molecule has 0 saturated carbocycles. The van der Waals surface area contributed by atoms with Gasteiger partial charge in [-0.2, -0.15) is 0 Å². The molecule has 0 atom stereocenters. The fraction of sp³-hybridized carbons (Fsp3) is 0.538. The summed E-state index contributed by atoms with van der Waals surface area (Å²) in [6.07, 6.45) is 3.89. The molecule has 8 heteroatoms. The Balaban J connectivity index is 2.01. The van der Waals surface area contributed by atoms with Gasteiger partial charge in [-0.15, -0.1) is 0 Å². The molecule has 1 aliphatic heterocycles. The first-order valence-corrected chi connectivity index (χ1v) is 6.58. The first-order chi connectivity index (χ1) is 10.0. The highest BCUT2D eigenvalue weighted by Crippen LogP contribution is 2.08. The lowest BCUT2D eigenvalue weighted by atomic mass is 10.2. The molecule has 0 aliphatic carbocycles. The lowest BCUT2D eigenvalue weighted by Crippen LogP contribution is -2.30. The van der Waals surface area contributed by atoms with E-state index < -0.39 is 18.9 Å². The summed E-state index contributed by atoms with van der Waals surface area (Å²) in [7, 11) is 1.40. The Bertz CT molecular complexity index is 428. The number of nitrogens with zero attached hydrogens (tertiary/aromatic N) is 1. The molecular formula is C13H18N2O6. The van der Waals surface area contributed by atoms with Gasteiger partial charge < -0.3 is 14.8 Å². The van der Waals surface area contributed by atoms with Gasteiger partial charge in [0.2, 0.25) is 6.79 Å². The van der Waals surface area contributed by atoms with Crippen molar-refractivity contribution < 1.29 is 28.7 Å². The van der Waals surface area contributed by atoms with E-state index in [-0.39, 0.29) is 18.2 Å². The summed E-state index contributed by atoms with van der Waals surface area (Å²) in [5.74, 6) is -1.06. The number of hydrogen-bond acceptors (Lipinski definition) is 6. The summed E-state index contributed by atoms with van der Waals surface area (Å²) < 4.78 is 9.18. The van der Waals surface area contributed by atoms with Gasteiger partial charge in [-0.25, -0.2) is 4.79 Å². The number of carbonyl (C=O) groups excluding carboxylic acids is 4. The highest BCUT2D eigenvalue weighted by Gasteiger charge is 2.22. The average molecular weight is 298 g/mol. The van der Waals surface area contributed by atoms with Crippen LogP contribution in [0.15, 0.2) is 12.2 Å². The van der Waals surface area contributed by atoms with Crippen LogP contribution in [0.25, 0.3) is 0 Å². The maximum Gasteiger partial charge on any atom is 0.409 e. The number of imide groups is 1. The molecule has 1 aliphatic rings. The number of rotatable bonds is 8. The molecule has 8 nitrogen and oxygen atoms in total. The molecule has 0 aromatic carbocycles. The maximum absolute atomic E-state index is 11.3.